The first kappa shape index (κ1) is 53.3. The smallest absolute Gasteiger partial charge is 0.315 e. The molecule has 0 aromatic heterocycles. The SMILES string of the molecule is CC1(C)CC[C@]2(C(=O)O[C@@H]3O[C@H](CO[C@@H]4O[C@H](CO)[C@@H](O)[C@H](O)[C@H]4O)[C@@H](O)[C@H](O)[C@H]3O)CC[C@]3(C)C(=CC[C@@H]4[C@@]5(C)C[C@H](O)[C@H](O[C@@H]6O[C@H](CO)[C@@H](O)[C@H](O)[C@H]6O)[C@@](C)(C(=O)O)[C@@H]5CC[C@]43C)[C@@H]2C1. The Morgan fingerprint density at radius 1 is 0.638 bits per heavy atom. The van der Waals surface area contributed by atoms with E-state index in [1.807, 2.05) is 6.92 Å². The van der Waals surface area contributed by atoms with Gasteiger partial charge < -0.3 is 94.8 Å². The second kappa shape index (κ2) is 18.7. The fraction of sp³-hybridized carbons (Fsp3) is 0.917. The summed E-state index contributed by atoms with van der Waals surface area (Å²) in [6.45, 7) is 10.3. The van der Waals surface area contributed by atoms with Crippen molar-refractivity contribution >= 4 is 11.9 Å². The van der Waals surface area contributed by atoms with Crippen molar-refractivity contribution < 1.29 is 104 Å². The molecule has 0 unspecified atom stereocenters. The van der Waals surface area contributed by atoms with E-state index in [-0.39, 0.29) is 23.7 Å². The Balaban J connectivity index is 1.05. The van der Waals surface area contributed by atoms with E-state index in [4.69, 9.17) is 28.4 Å². The molecule has 21 heteroatoms. The van der Waals surface area contributed by atoms with Crippen LogP contribution >= 0.6 is 0 Å². The van der Waals surface area contributed by atoms with Crippen LogP contribution in [0.4, 0.5) is 0 Å². The zero-order valence-electron chi connectivity index (χ0n) is 40.2. The molecule has 8 rings (SSSR count). The van der Waals surface area contributed by atoms with Crippen molar-refractivity contribution in [2.75, 3.05) is 19.8 Å². The maximum atomic E-state index is 15.0. The molecule has 0 spiro atoms. The number of fused-ring (bicyclic) bond motifs is 7. The van der Waals surface area contributed by atoms with Crippen LogP contribution in [0.15, 0.2) is 11.6 Å². The van der Waals surface area contributed by atoms with Gasteiger partial charge in [0, 0.05) is 0 Å². The Kier molecular flexibility index (Phi) is 14.5. The Morgan fingerprint density at radius 2 is 1.17 bits per heavy atom. The lowest BCUT2D eigenvalue weighted by molar-refractivity contribution is -0.340. The van der Waals surface area contributed by atoms with Crippen LogP contribution in [-0.2, 0) is 38.0 Å². The van der Waals surface area contributed by atoms with Crippen LogP contribution < -0.4 is 0 Å². The summed E-state index contributed by atoms with van der Waals surface area (Å²) < 4.78 is 34.8. The number of hydrogen-bond donors (Lipinski definition) is 13. The summed E-state index contributed by atoms with van der Waals surface area (Å²) in [6.07, 6.45) is -21.2. The van der Waals surface area contributed by atoms with E-state index >= 15 is 0 Å². The molecule has 0 aromatic rings. The van der Waals surface area contributed by atoms with Gasteiger partial charge in [-0.1, -0.05) is 46.3 Å². The number of aliphatic hydroxyl groups excluding tert-OH is 12. The molecule has 3 heterocycles. The van der Waals surface area contributed by atoms with Crippen molar-refractivity contribution in [1.82, 2.24) is 0 Å². The van der Waals surface area contributed by atoms with Crippen molar-refractivity contribution in [3.63, 3.8) is 0 Å². The third-order valence-electron chi connectivity index (χ3n) is 19.4. The van der Waals surface area contributed by atoms with E-state index in [0.717, 1.165) is 5.57 Å². The summed E-state index contributed by atoms with van der Waals surface area (Å²) >= 11 is 0. The van der Waals surface area contributed by atoms with Crippen LogP contribution in [0.25, 0.3) is 0 Å². The Hall–Kier alpha value is -2.00. The van der Waals surface area contributed by atoms with Gasteiger partial charge in [-0.2, -0.15) is 0 Å². The van der Waals surface area contributed by atoms with Crippen molar-refractivity contribution in [3.05, 3.63) is 11.6 Å². The second-order valence-electron chi connectivity index (χ2n) is 23.4. The molecule has 69 heavy (non-hydrogen) atoms. The maximum Gasteiger partial charge on any atom is 0.315 e. The van der Waals surface area contributed by atoms with Crippen LogP contribution in [0.2, 0.25) is 0 Å². The zero-order chi connectivity index (χ0) is 50.7. The molecule has 394 valence electrons. The fourth-order valence-corrected chi connectivity index (χ4v) is 15.0. The molecule has 3 aliphatic heterocycles. The number of carboxylic acids is 1. The van der Waals surface area contributed by atoms with Gasteiger partial charge >= 0.3 is 11.9 Å². The van der Waals surface area contributed by atoms with E-state index in [0.29, 0.717) is 51.4 Å². The average Bonchev–Trinajstić information content (AvgIpc) is 3.29. The van der Waals surface area contributed by atoms with E-state index < -0.39 is 169 Å². The predicted molar refractivity (Wildman–Crippen MR) is 234 cm³/mol. The molecular formula is C48H76O21. The third-order valence-corrected chi connectivity index (χ3v) is 19.4. The molecule has 0 aromatic carbocycles. The number of ether oxygens (including phenoxy) is 6. The van der Waals surface area contributed by atoms with Crippen molar-refractivity contribution in [2.24, 2.45) is 50.2 Å². The summed E-state index contributed by atoms with van der Waals surface area (Å²) in [7, 11) is 0. The topological polar surface area (TPSA) is 353 Å². The van der Waals surface area contributed by atoms with Crippen LogP contribution in [0.3, 0.4) is 0 Å². The van der Waals surface area contributed by atoms with Crippen molar-refractivity contribution in [3.8, 4) is 0 Å². The number of carboxylic acid groups (broad SMARTS) is 1. The summed E-state index contributed by atoms with van der Waals surface area (Å²) in [5.74, 6) is -2.91. The summed E-state index contributed by atoms with van der Waals surface area (Å²) in [4.78, 5) is 28.6. The van der Waals surface area contributed by atoms with Gasteiger partial charge in [-0.05, 0) is 104 Å². The highest BCUT2D eigenvalue weighted by atomic mass is 16.7. The first-order chi connectivity index (χ1) is 32.2. The normalized spacial score (nSPS) is 53.9. The highest BCUT2D eigenvalue weighted by molar-refractivity contribution is 5.79. The van der Waals surface area contributed by atoms with E-state index in [9.17, 15) is 76.0 Å². The average molecular weight is 989 g/mol. The quantitative estimate of drug-likeness (QED) is 0.0651. The molecule has 25 atom stereocenters. The number of hydrogen-bond acceptors (Lipinski definition) is 20. The number of esters is 1. The first-order valence-electron chi connectivity index (χ1n) is 24.6. The Labute approximate surface area is 400 Å². The molecule has 0 bridgehead atoms. The Morgan fingerprint density at radius 3 is 1.77 bits per heavy atom. The lowest BCUT2D eigenvalue weighted by Gasteiger charge is -2.71. The molecule has 0 amide bonds. The maximum absolute atomic E-state index is 15.0. The number of rotatable bonds is 10. The molecule has 8 aliphatic rings. The highest BCUT2D eigenvalue weighted by Gasteiger charge is 2.73. The van der Waals surface area contributed by atoms with Gasteiger partial charge in [0.15, 0.2) is 12.6 Å². The molecule has 13 N–H and O–H groups in total. The molecule has 4 saturated carbocycles. The first-order valence-corrected chi connectivity index (χ1v) is 24.6. The molecule has 7 fully saturated rings. The van der Waals surface area contributed by atoms with Crippen LogP contribution in [0.1, 0.15) is 99.3 Å². The number of aliphatic hydroxyl groups is 12. The highest BCUT2D eigenvalue weighted by Crippen LogP contribution is 2.76. The number of aliphatic carboxylic acids is 1. The monoisotopic (exact) mass is 988 g/mol. The van der Waals surface area contributed by atoms with Crippen molar-refractivity contribution in [2.45, 2.75) is 204 Å². The zero-order valence-corrected chi connectivity index (χ0v) is 40.2. The van der Waals surface area contributed by atoms with Gasteiger partial charge in [0.2, 0.25) is 6.29 Å². The number of allylic oxidation sites excluding steroid dienone is 2. The van der Waals surface area contributed by atoms with Crippen molar-refractivity contribution in [1.29, 1.82) is 0 Å². The largest absolute Gasteiger partial charge is 0.481 e. The molecule has 21 nitrogen and oxygen atoms in total. The van der Waals surface area contributed by atoms with Gasteiger partial charge in [0.1, 0.15) is 79.4 Å². The molecule has 3 saturated heterocycles. The summed E-state index contributed by atoms with van der Waals surface area (Å²) in [5.41, 5.74) is -3.69. The minimum atomic E-state index is -1.87. The van der Waals surface area contributed by atoms with Crippen LogP contribution in [0, 0.1) is 50.2 Å². The number of carbonyl (C=O) groups is 2. The second-order valence-corrected chi connectivity index (χ2v) is 23.4. The molecule has 0 radical (unpaired) electrons. The van der Waals surface area contributed by atoms with Crippen LogP contribution in [-0.4, -0.2) is 202 Å². The van der Waals surface area contributed by atoms with Gasteiger partial charge in [-0.25, -0.2) is 0 Å². The van der Waals surface area contributed by atoms with E-state index in [2.05, 4.69) is 33.8 Å². The minimum absolute atomic E-state index is 0.133. The fourth-order valence-electron chi connectivity index (χ4n) is 15.0. The minimum Gasteiger partial charge on any atom is -0.481 e. The lowest BCUT2D eigenvalue weighted by Crippen LogP contribution is -2.70. The predicted octanol–water partition coefficient (Wildman–Crippen LogP) is -1.82. The van der Waals surface area contributed by atoms with Gasteiger partial charge in [0.25, 0.3) is 0 Å². The van der Waals surface area contributed by atoms with E-state index in [1.54, 1.807) is 0 Å². The van der Waals surface area contributed by atoms with E-state index in [1.165, 1.54) is 6.92 Å². The summed E-state index contributed by atoms with van der Waals surface area (Å²) in [5, 5.41) is 138. The summed E-state index contributed by atoms with van der Waals surface area (Å²) in [6, 6.07) is 0. The lowest BCUT2D eigenvalue weighted by atomic mass is 9.33. The standard InChI is InChI=1S/C48H76O21/c1-43(2)11-13-48(42(63)69-40-36(60)33(57)30(54)25(67-40)19-64-38-34(58)31(55)28(52)23(17-49)65-38)14-12-45(4)20(21(48)15-43)7-8-26-44(3)16-22(51)37(47(6,41(61)62)27(44)9-10-46(26,45)5)68-39-35(59)32(56)29(53)24(18-50)66-39/h7,21-40,49-60H,8-19H2,1-6H3,(H,61,62)/t21-,22-,23+,24+,25+,26+,27+,28+,29+,30+,31-,32-,33-,34+,35+,36+,37-,38+,39-,40-,44+,45+,46+,47-,48-/m0/s1. The van der Waals surface area contributed by atoms with Crippen LogP contribution in [0.5, 0.6) is 0 Å². The van der Waals surface area contributed by atoms with Gasteiger partial charge in [-0.3, -0.25) is 9.59 Å². The Bertz CT molecular complexity index is 1930. The third kappa shape index (κ3) is 8.25. The molecule has 5 aliphatic carbocycles. The van der Waals surface area contributed by atoms with Gasteiger partial charge in [0.05, 0.1) is 36.8 Å². The number of carbonyl (C=O) groups excluding carboxylic acids is 1. The van der Waals surface area contributed by atoms with Gasteiger partial charge in [-0.15, -0.1) is 0 Å². The molecular weight excluding hydrogens is 913 g/mol.